The monoisotopic (exact) mass is 614 g/mol. The average Bonchev–Trinajstić information content (AvgIpc) is 2.92. The minimum Gasteiger partial charge on any atom is -0.509 e. The van der Waals surface area contributed by atoms with Gasteiger partial charge in [0.2, 0.25) is 0 Å². The molecule has 1 aromatic heterocycles. The lowest BCUT2D eigenvalue weighted by atomic mass is 9.93. The maximum atomic E-state index is 14.4. The lowest BCUT2D eigenvalue weighted by molar-refractivity contribution is -0.160. The number of hydrogen-bond acceptors (Lipinski definition) is 5. The summed E-state index contributed by atoms with van der Waals surface area (Å²) in [6.07, 6.45) is -8.94. The van der Waals surface area contributed by atoms with Crippen LogP contribution >= 0.6 is 0 Å². The Morgan fingerprint density at radius 3 is 2.26 bits per heavy atom. The summed E-state index contributed by atoms with van der Waals surface area (Å²) >= 11 is 0. The molecule has 7 nitrogen and oxygen atoms in total. The number of alkyl halides is 6. The highest BCUT2D eigenvalue weighted by Gasteiger charge is 2.46. The number of aromatic nitrogens is 1. The molecule has 228 valence electrons. The first kappa shape index (κ1) is 31.4. The summed E-state index contributed by atoms with van der Waals surface area (Å²) in [5.74, 6) is -5.79. The number of pyridine rings is 1. The summed E-state index contributed by atoms with van der Waals surface area (Å²) in [7, 11) is 1.34. The van der Waals surface area contributed by atoms with Crippen molar-refractivity contribution in [2.24, 2.45) is 0 Å². The number of nitrogens with one attached hydrogen (secondary N) is 1. The number of rotatable bonds is 5. The summed E-state index contributed by atoms with van der Waals surface area (Å²) < 4.78 is 108. The van der Waals surface area contributed by atoms with Crippen LogP contribution in [0.2, 0.25) is 0 Å². The van der Waals surface area contributed by atoms with E-state index in [-0.39, 0.29) is 16.7 Å². The van der Waals surface area contributed by atoms with E-state index in [0.717, 1.165) is 29.4 Å². The molecule has 2 N–H and O–H groups in total. The first-order chi connectivity index (χ1) is 19.8. The highest BCUT2D eigenvalue weighted by molar-refractivity contribution is 6.24. The number of amides is 2. The van der Waals surface area contributed by atoms with Crippen LogP contribution in [0.5, 0.6) is 0 Å². The van der Waals surface area contributed by atoms with Crippen molar-refractivity contribution in [2.75, 3.05) is 12.4 Å². The van der Waals surface area contributed by atoms with Gasteiger partial charge >= 0.3 is 12.4 Å². The van der Waals surface area contributed by atoms with Gasteiger partial charge in [0.15, 0.2) is 11.6 Å². The number of hydrazine groups is 1. The van der Waals surface area contributed by atoms with E-state index in [4.69, 9.17) is 0 Å². The van der Waals surface area contributed by atoms with Gasteiger partial charge in [0, 0.05) is 35.6 Å². The molecule has 0 saturated carbocycles. The van der Waals surface area contributed by atoms with Crippen LogP contribution < -0.4 is 5.32 Å². The van der Waals surface area contributed by atoms with Crippen molar-refractivity contribution in [1.82, 2.24) is 15.0 Å². The fourth-order valence-electron chi connectivity index (χ4n) is 4.32. The predicted molar refractivity (Wildman–Crippen MR) is 137 cm³/mol. The number of carbonyl (C=O) groups is 2. The van der Waals surface area contributed by atoms with Crippen molar-refractivity contribution in [1.29, 1.82) is 0 Å². The first-order valence-electron chi connectivity index (χ1n) is 12.3. The molecule has 1 aliphatic rings. The van der Waals surface area contributed by atoms with E-state index in [9.17, 15) is 49.8 Å². The Balaban J connectivity index is 1.77. The summed E-state index contributed by atoms with van der Waals surface area (Å²) in [5, 5.41) is 15.1. The van der Waals surface area contributed by atoms with E-state index in [1.165, 1.54) is 38.0 Å². The Kier molecular flexibility index (Phi) is 8.00. The van der Waals surface area contributed by atoms with Gasteiger partial charge in [-0.25, -0.2) is 13.8 Å². The maximum absolute atomic E-state index is 14.4. The molecular formula is C28H22F8N4O3. The van der Waals surface area contributed by atoms with Crippen LogP contribution in [0.25, 0.3) is 11.1 Å². The fraction of sp³-hybridized carbons (Fsp3) is 0.250. The van der Waals surface area contributed by atoms with Crippen LogP contribution in [0.4, 0.5) is 40.8 Å². The van der Waals surface area contributed by atoms with E-state index in [1.54, 1.807) is 0 Å². The van der Waals surface area contributed by atoms with Crippen molar-refractivity contribution in [3.8, 4) is 11.1 Å². The number of aliphatic hydroxyl groups is 1. The molecule has 2 amide bonds. The molecule has 2 aromatic carbocycles. The number of aliphatic hydroxyl groups excluding tert-OH is 1. The second kappa shape index (κ2) is 10.9. The predicted octanol–water partition coefficient (Wildman–Crippen LogP) is 6.48. The van der Waals surface area contributed by atoms with Crippen molar-refractivity contribution >= 4 is 17.5 Å². The summed E-state index contributed by atoms with van der Waals surface area (Å²) in [6, 6.07) is 6.82. The van der Waals surface area contributed by atoms with Crippen molar-refractivity contribution in [3.05, 3.63) is 94.5 Å². The molecule has 2 heterocycles. The molecule has 0 fully saturated rings. The standard InChI is InChI=1S/C28H22F8N4O3/c1-26(2)23(41)21(25(43)40(39(26)3)13-15-5-4-6-18(29)22(15)30)24(42)38-19-11-16(27(31,32)33)8-9-17(19)14-7-10-20(37-12-14)28(34,35)36/h4-12,41H,13H2,1-3H3,(H,38,42). The van der Waals surface area contributed by atoms with Crippen molar-refractivity contribution in [3.63, 3.8) is 0 Å². The third kappa shape index (κ3) is 6.02. The Morgan fingerprint density at radius 1 is 1.00 bits per heavy atom. The van der Waals surface area contributed by atoms with E-state index in [0.29, 0.717) is 18.2 Å². The fourth-order valence-corrected chi connectivity index (χ4v) is 4.32. The van der Waals surface area contributed by atoms with Gasteiger partial charge < -0.3 is 10.4 Å². The highest BCUT2D eigenvalue weighted by Crippen LogP contribution is 2.38. The minimum atomic E-state index is -4.89. The van der Waals surface area contributed by atoms with Gasteiger partial charge in [-0.15, -0.1) is 0 Å². The molecule has 0 bridgehead atoms. The van der Waals surface area contributed by atoms with Crippen molar-refractivity contribution in [2.45, 2.75) is 38.3 Å². The number of hydrogen-bond donors (Lipinski definition) is 2. The zero-order chi connectivity index (χ0) is 32.1. The van der Waals surface area contributed by atoms with Gasteiger partial charge in [-0.1, -0.05) is 24.3 Å². The minimum absolute atomic E-state index is 0.103. The van der Waals surface area contributed by atoms with E-state index in [2.05, 4.69) is 10.3 Å². The molecule has 0 saturated heterocycles. The number of halogens is 8. The lowest BCUT2D eigenvalue weighted by Gasteiger charge is -2.46. The molecule has 0 unspecified atom stereocenters. The third-order valence-corrected chi connectivity index (χ3v) is 6.97. The molecule has 0 spiro atoms. The second-order valence-electron chi connectivity index (χ2n) is 10.0. The summed E-state index contributed by atoms with van der Waals surface area (Å²) in [6.45, 7) is 2.19. The largest absolute Gasteiger partial charge is 0.509 e. The van der Waals surface area contributed by atoms with Gasteiger partial charge in [-0.2, -0.15) is 26.3 Å². The van der Waals surface area contributed by atoms with E-state index >= 15 is 0 Å². The van der Waals surface area contributed by atoms with Crippen LogP contribution in [0.1, 0.15) is 30.7 Å². The van der Waals surface area contributed by atoms with Gasteiger partial charge in [0.25, 0.3) is 11.8 Å². The molecule has 4 rings (SSSR count). The van der Waals surface area contributed by atoms with Crippen molar-refractivity contribution < 1.29 is 49.8 Å². The smallest absolute Gasteiger partial charge is 0.433 e. The van der Waals surface area contributed by atoms with Gasteiger partial charge in [0.05, 0.1) is 17.6 Å². The number of carbonyl (C=O) groups excluding carboxylic acids is 2. The molecule has 1 aliphatic heterocycles. The highest BCUT2D eigenvalue weighted by atomic mass is 19.4. The number of benzene rings is 2. The number of nitrogens with zero attached hydrogens (tertiary/aromatic N) is 3. The Bertz CT molecular complexity index is 1620. The second-order valence-corrected chi connectivity index (χ2v) is 10.0. The Hall–Kier alpha value is -4.53. The van der Waals surface area contributed by atoms with Crippen LogP contribution in [-0.4, -0.2) is 44.5 Å². The number of anilines is 1. The maximum Gasteiger partial charge on any atom is 0.433 e. The Morgan fingerprint density at radius 2 is 1.67 bits per heavy atom. The molecule has 43 heavy (non-hydrogen) atoms. The van der Waals surface area contributed by atoms with Crippen LogP contribution in [0, 0.1) is 11.6 Å². The molecule has 0 atom stereocenters. The number of likely N-dealkylation sites (N-methyl/N-ethyl adjacent to an activating group) is 1. The molecule has 0 aliphatic carbocycles. The zero-order valence-electron chi connectivity index (χ0n) is 22.5. The molecule has 0 radical (unpaired) electrons. The third-order valence-electron chi connectivity index (χ3n) is 6.97. The quantitative estimate of drug-likeness (QED) is 0.254. The van der Waals surface area contributed by atoms with E-state index in [1.807, 2.05) is 0 Å². The lowest BCUT2D eigenvalue weighted by Crippen LogP contribution is -2.60. The summed E-state index contributed by atoms with van der Waals surface area (Å²) in [5.41, 5.74) is -6.02. The first-order valence-corrected chi connectivity index (χ1v) is 12.3. The average molecular weight is 614 g/mol. The Labute approximate surface area is 239 Å². The summed E-state index contributed by atoms with van der Waals surface area (Å²) in [4.78, 5) is 30.2. The molecular weight excluding hydrogens is 592 g/mol. The zero-order valence-corrected chi connectivity index (χ0v) is 22.5. The van der Waals surface area contributed by atoms with E-state index < -0.39 is 76.2 Å². The van der Waals surface area contributed by atoms with Crippen LogP contribution in [-0.2, 0) is 28.5 Å². The SMILES string of the molecule is CN1N(Cc2cccc(F)c2F)C(=O)C(C(=O)Nc2cc(C(F)(F)F)ccc2-c2ccc(C(F)(F)F)nc2)=C(O)C1(C)C. The molecule has 3 aromatic rings. The van der Waals surface area contributed by atoms with Gasteiger partial charge in [-0.05, 0) is 38.1 Å². The van der Waals surface area contributed by atoms with Gasteiger partial charge in [0.1, 0.15) is 17.0 Å². The topological polar surface area (TPSA) is 85.8 Å². The normalized spacial score (nSPS) is 16.1. The van der Waals surface area contributed by atoms with Gasteiger partial charge in [-0.3, -0.25) is 19.6 Å². The van der Waals surface area contributed by atoms with Crippen LogP contribution in [0.15, 0.2) is 66.1 Å². The van der Waals surface area contributed by atoms with Crippen LogP contribution in [0.3, 0.4) is 0 Å². The molecule has 15 heteroatoms.